The lowest BCUT2D eigenvalue weighted by molar-refractivity contribution is -0.870. The highest BCUT2D eigenvalue weighted by Gasteiger charge is 2.24. The summed E-state index contributed by atoms with van der Waals surface area (Å²) in [4.78, 5) is 25.7. The van der Waals surface area contributed by atoms with E-state index in [-0.39, 0.29) is 19.1 Å². The van der Waals surface area contributed by atoms with Crippen LogP contribution in [0, 0.1) is 0 Å². The minimum absolute atomic E-state index is 0.0172. The molecule has 528 valence electrons. The zero-order chi connectivity index (χ0) is 64.1. The van der Waals surface area contributed by atoms with E-state index in [9.17, 15) is 19.4 Å². The minimum atomic E-state index is -4.58. The van der Waals surface area contributed by atoms with Gasteiger partial charge < -0.3 is 28.8 Å². The summed E-state index contributed by atoms with van der Waals surface area (Å²) in [7, 11) is 1.34. The van der Waals surface area contributed by atoms with Crippen LogP contribution in [-0.2, 0) is 18.4 Å². The zero-order valence-corrected chi connectivity index (χ0v) is 61.6. The Bertz CT molecular complexity index is 1390. The van der Waals surface area contributed by atoms with Crippen molar-refractivity contribution in [3.8, 4) is 0 Å². The molecule has 1 amide bonds. The Morgan fingerprint density at radius 3 is 0.773 bits per heavy atom. The van der Waals surface area contributed by atoms with Crippen LogP contribution in [0.4, 0.5) is 0 Å². The molecule has 3 atom stereocenters. The number of hydrogen-bond donors (Lipinski definition) is 2. The normalized spacial score (nSPS) is 13.4. The fourth-order valence-corrected chi connectivity index (χ4v) is 13.8. The van der Waals surface area contributed by atoms with E-state index in [0.717, 1.165) is 38.5 Å². The maximum atomic E-state index is 13.1. The Kier molecular flexibility index (Phi) is 70.4. The van der Waals surface area contributed by atoms with Gasteiger partial charge >= 0.3 is 0 Å². The lowest BCUT2D eigenvalue weighted by atomic mass is 10.0. The van der Waals surface area contributed by atoms with Gasteiger partial charge in [-0.2, -0.15) is 0 Å². The van der Waals surface area contributed by atoms with Crippen LogP contribution in [0.2, 0.25) is 0 Å². The molecular formula is C79H161N2O6P. The van der Waals surface area contributed by atoms with Gasteiger partial charge in [0.05, 0.1) is 39.9 Å². The van der Waals surface area contributed by atoms with Gasteiger partial charge in [-0.3, -0.25) is 9.36 Å². The number of nitrogens with zero attached hydrogens (tertiary/aromatic N) is 1. The second kappa shape index (κ2) is 70.8. The number of unbranched alkanes of at least 4 members (excludes halogenated alkanes) is 64. The molecule has 0 aliphatic rings. The highest BCUT2D eigenvalue weighted by atomic mass is 31.2. The zero-order valence-electron chi connectivity index (χ0n) is 60.7. The lowest BCUT2D eigenvalue weighted by Crippen LogP contribution is -2.46. The van der Waals surface area contributed by atoms with E-state index < -0.39 is 20.0 Å². The number of amides is 1. The third kappa shape index (κ3) is 72.9. The maximum Gasteiger partial charge on any atom is 0.268 e. The Hall–Kier alpha value is -0.500. The number of aliphatic hydroxyl groups excluding tert-OH is 1. The summed E-state index contributed by atoms with van der Waals surface area (Å²) in [5.41, 5.74) is 0. The quantitative estimate of drug-likeness (QED) is 0.0357. The largest absolute Gasteiger partial charge is 0.756 e. The molecule has 9 heteroatoms. The van der Waals surface area contributed by atoms with Crippen molar-refractivity contribution in [2.75, 3.05) is 40.9 Å². The minimum Gasteiger partial charge on any atom is -0.756 e. The first kappa shape index (κ1) is 87.5. The molecule has 0 aromatic heterocycles. The number of carbonyl (C=O) groups is 1. The number of carbonyl (C=O) groups excluding carboxylic acids is 1. The Morgan fingerprint density at radius 2 is 0.557 bits per heavy atom. The topological polar surface area (TPSA) is 108 Å². The smallest absolute Gasteiger partial charge is 0.268 e. The molecule has 8 nitrogen and oxygen atoms in total. The van der Waals surface area contributed by atoms with E-state index >= 15 is 0 Å². The summed E-state index contributed by atoms with van der Waals surface area (Å²) in [6, 6.07) is -0.798. The average Bonchev–Trinajstić information content (AvgIpc) is 3.54. The van der Waals surface area contributed by atoms with Crippen molar-refractivity contribution in [2.45, 2.75) is 463 Å². The highest BCUT2D eigenvalue weighted by molar-refractivity contribution is 7.45. The molecule has 0 heterocycles. The molecular weight excluding hydrogens is 1100 g/mol. The summed E-state index contributed by atoms with van der Waals surface area (Å²) in [5.74, 6) is -0.152. The van der Waals surface area contributed by atoms with Gasteiger partial charge in [0.15, 0.2) is 0 Å². The molecule has 0 saturated heterocycles. The molecule has 0 spiro atoms. The highest BCUT2D eigenvalue weighted by Crippen LogP contribution is 2.38. The molecule has 0 saturated carbocycles. The summed E-state index contributed by atoms with van der Waals surface area (Å²) in [6.45, 7) is 4.81. The Morgan fingerprint density at radius 1 is 0.352 bits per heavy atom. The third-order valence-corrected chi connectivity index (χ3v) is 20.3. The first-order chi connectivity index (χ1) is 43.0. The Balaban J connectivity index is 3.89. The van der Waals surface area contributed by atoms with Gasteiger partial charge in [0, 0.05) is 6.42 Å². The van der Waals surface area contributed by atoms with E-state index in [2.05, 4.69) is 19.2 Å². The number of aliphatic hydroxyl groups is 1. The van der Waals surface area contributed by atoms with Gasteiger partial charge in [-0.15, -0.1) is 0 Å². The van der Waals surface area contributed by atoms with Gasteiger partial charge in [-0.1, -0.05) is 431 Å². The standard InChI is InChI=1S/C79H161N2O6P/c1-6-8-10-12-14-16-18-20-22-24-26-28-30-32-34-36-38-40-41-43-45-47-49-51-53-55-57-59-61-63-65-67-69-71-73-79(83)80-77(76-87-88(84,85)86-75-74-81(3,4)5)78(82)72-70-68-66-64-62-60-58-56-54-52-50-48-46-44-42-39-37-35-33-31-29-27-25-23-21-19-17-15-13-11-9-7-2/h77-78,82H,6-76H2,1-5H3,(H-,80,83,84,85). The van der Waals surface area contributed by atoms with Gasteiger partial charge in [0.2, 0.25) is 5.91 Å². The SMILES string of the molecule is CCCCCCCCCCCCCCCCCCCCCCCCCCCCCCCCCCCCC(=O)NC(COP(=O)([O-])OCC[N+](C)(C)C)C(O)CCCCCCCCCCCCCCCCCCCCCCCCCCCCCCCCCC. The predicted molar refractivity (Wildman–Crippen MR) is 386 cm³/mol. The van der Waals surface area contributed by atoms with E-state index in [1.54, 1.807) is 0 Å². The third-order valence-electron chi connectivity index (χ3n) is 19.3. The van der Waals surface area contributed by atoms with Gasteiger partial charge in [-0.05, 0) is 12.8 Å². The average molecular weight is 1270 g/mol. The van der Waals surface area contributed by atoms with E-state index in [4.69, 9.17) is 9.05 Å². The molecule has 3 unspecified atom stereocenters. The van der Waals surface area contributed by atoms with E-state index in [1.807, 2.05) is 21.1 Å². The summed E-state index contributed by atoms with van der Waals surface area (Å²) in [6.07, 6.45) is 90.9. The fraction of sp³-hybridized carbons (Fsp3) is 0.987. The summed E-state index contributed by atoms with van der Waals surface area (Å²) < 4.78 is 23.6. The molecule has 0 rings (SSSR count). The number of likely N-dealkylation sites (N-methyl/N-ethyl adjacent to an activating group) is 1. The summed E-state index contributed by atoms with van der Waals surface area (Å²) >= 11 is 0. The van der Waals surface area contributed by atoms with Crippen LogP contribution in [-0.4, -0.2) is 68.5 Å². The van der Waals surface area contributed by atoms with Crippen molar-refractivity contribution in [3.63, 3.8) is 0 Å². The molecule has 0 bridgehead atoms. The maximum absolute atomic E-state index is 13.1. The van der Waals surface area contributed by atoms with Crippen LogP contribution in [0.1, 0.15) is 450 Å². The van der Waals surface area contributed by atoms with Crippen molar-refractivity contribution in [1.82, 2.24) is 5.32 Å². The number of nitrogens with one attached hydrogen (secondary N) is 1. The van der Waals surface area contributed by atoms with Crippen LogP contribution in [0.5, 0.6) is 0 Å². The molecule has 88 heavy (non-hydrogen) atoms. The number of rotatable bonds is 77. The monoisotopic (exact) mass is 1270 g/mol. The molecule has 0 fully saturated rings. The first-order valence-corrected chi connectivity index (χ1v) is 41.8. The van der Waals surface area contributed by atoms with Crippen LogP contribution in [0.15, 0.2) is 0 Å². The number of phosphoric ester groups is 1. The molecule has 0 aliphatic carbocycles. The molecule has 0 aliphatic heterocycles. The fourth-order valence-electron chi connectivity index (χ4n) is 13.1. The van der Waals surface area contributed by atoms with E-state index in [1.165, 1.54) is 385 Å². The van der Waals surface area contributed by atoms with Crippen LogP contribution >= 0.6 is 7.82 Å². The molecule has 0 aromatic carbocycles. The molecule has 0 radical (unpaired) electrons. The van der Waals surface area contributed by atoms with Crippen molar-refractivity contribution in [3.05, 3.63) is 0 Å². The molecule has 2 N–H and O–H groups in total. The molecule has 0 aromatic rings. The number of hydrogen-bond acceptors (Lipinski definition) is 6. The van der Waals surface area contributed by atoms with Crippen LogP contribution < -0.4 is 10.2 Å². The first-order valence-electron chi connectivity index (χ1n) is 40.4. The second-order valence-electron chi connectivity index (χ2n) is 29.5. The van der Waals surface area contributed by atoms with Crippen molar-refractivity contribution in [1.29, 1.82) is 0 Å². The second-order valence-corrected chi connectivity index (χ2v) is 30.9. The van der Waals surface area contributed by atoms with Crippen molar-refractivity contribution < 1.29 is 32.9 Å². The van der Waals surface area contributed by atoms with Gasteiger partial charge in [0.25, 0.3) is 7.82 Å². The van der Waals surface area contributed by atoms with Crippen molar-refractivity contribution in [2.24, 2.45) is 0 Å². The number of phosphoric acid groups is 1. The van der Waals surface area contributed by atoms with Crippen LogP contribution in [0.3, 0.4) is 0 Å². The Labute approximate surface area is 552 Å². The van der Waals surface area contributed by atoms with Crippen LogP contribution in [0.25, 0.3) is 0 Å². The van der Waals surface area contributed by atoms with Gasteiger partial charge in [0.1, 0.15) is 13.2 Å². The lowest BCUT2D eigenvalue weighted by Gasteiger charge is -2.30. The van der Waals surface area contributed by atoms with Crippen molar-refractivity contribution >= 4 is 13.7 Å². The number of quaternary nitrogens is 1. The van der Waals surface area contributed by atoms with Gasteiger partial charge in [-0.25, -0.2) is 0 Å². The summed E-state index contributed by atoms with van der Waals surface area (Å²) in [5, 5.41) is 14.2. The van der Waals surface area contributed by atoms with E-state index in [0.29, 0.717) is 23.9 Å². The predicted octanol–water partition coefficient (Wildman–Crippen LogP) is 25.6.